The Morgan fingerprint density at radius 2 is 2.00 bits per heavy atom. The van der Waals surface area contributed by atoms with Crippen LogP contribution in [0.1, 0.15) is 64.9 Å². The predicted molar refractivity (Wildman–Crippen MR) is 69.6 cm³/mol. The number of rotatable bonds is 7. The van der Waals surface area contributed by atoms with Crippen molar-refractivity contribution in [1.82, 2.24) is 9.78 Å². The molecular formula is C14H26N2. The topological polar surface area (TPSA) is 17.8 Å². The highest BCUT2D eigenvalue weighted by Crippen LogP contribution is 2.32. The second kappa shape index (κ2) is 6.07. The van der Waals surface area contributed by atoms with Crippen molar-refractivity contribution < 1.29 is 0 Å². The lowest BCUT2D eigenvalue weighted by Gasteiger charge is -2.27. The number of unbranched alkanes of at least 4 members (excludes halogenated alkanes) is 3. The van der Waals surface area contributed by atoms with Gasteiger partial charge in [0.25, 0.3) is 0 Å². The second-order valence-corrected chi connectivity index (χ2v) is 5.13. The van der Waals surface area contributed by atoms with Crippen molar-refractivity contribution in [2.45, 2.75) is 64.7 Å². The molecule has 92 valence electrons. The summed E-state index contributed by atoms with van der Waals surface area (Å²) in [7, 11) is 2.00. The Kier molecular flexibility index (Phi) is 5.04. The van der Waals surface area contributed by atoms with Crippen LogP contribution in [0.15, 0.2) is 12.4 Å². The third kappa shape index (κ3) is 3.36. The third-order valence-corrected chi connectivity index (χ3v) is 3.76. The highest BCUT2D eigenvalue weighted by Gasteiger charge is 2.25. The number of aryl methyl sites for hydroxylation is 1. The van der Waals surface area contributed by atoms with Crippen molar-refractivity contribution in [1.29, 1.82) is 0 Å². The Morgan fingerprint density at radius 3 is 2.50 bits per heavy atom. The summed E-state index contributed by atoms with van der Waals surface area (Å²) in [5, 5.41) is 4.29. The molecule has 1 rings (SSSR count). The van der Waals surface area contributed by atoms with E-state index in [0.29, 0.717) is 5.41 Å². The highest BCUT2D eigenvalue weighted by molar-refractivity contribution is 5.17. The Bertz CT molecular complexity index is 303. The fraction of sp³-hybridized carbons (Fsp3) is 0.786. The minimum absolute atomic E-state index is 0.321. The summed E-state index contributed by atoms with van der Waals surface area (Å²) < 4.78 is 1.91. The molecule has 2 nitrogen and oxygen atoms in total. The van der Waals surface area contributed by atoms with Crippen LogP contribution in [0.3, 0.4) is 0 Å². The molecule has 0 amide bonds. The molecule has 2 heteroatoms. The molecule has 0 saturated heterocycles. The SMILES string of the molecule is CCCCCCC(C)(CC)c1cnn(C)c1. The molecule has 0 N–H and O–H groups in total. The van der Waals surface area contributed by atoms with E-state index in [4.69, 9.17) is 0 Å². The van der Waals surface area contributed by atoms with E-state index in [1.165, 1.54) is 44.1 Å². The molecule has 1 unspecified atom stereocenters. The quantitative estimate of drug-likeness (QED) is 0.636. The van der Waals surface area contributed by atoms with Gasteiger partial charge in [-0.2, -0.15) is 5.10 Å². The van der Waals surface area contributed by atoms with E-state index in [0.717, 1.165) is 0 Å². The van der Waals surface area contributed by atoms with E-state index in [1.54, 1.807) is 0 Å². The summed E-state index contributed by atoms with van der Waals surface area (Å²) in [4.78, 5) is 0. The number of hydrogen-bond acceptors (Lipinski definition) is 1. The molecule has 1 atom stereocenters. The molecule has 0 bridgehead atoms. The van der Waals surface area contributed by atoms with E-state index in [-0.39, 0.29) is 0 Å². The lowest BCUT2D eigenvalue weighted by Crippen LogP contribution is -2.20. The predicted octanol–water partition coefficient (Wildman–Crippen LogP) is 4.06. The van der Waals surface area contributed by atoms with Crippen molar-refractivity contribution in [3.05, 3.63) is 18.0 Å². The molecule has 0 aliphatic rings. The van der Waals surface area contributed by atoms with Gasteiger partial charge in [-0.05, 0) is 23.8 Å². The van der Waals surface area contributed by atoms with Gasteiger partial charge in [-0.15, -0.1) is 0 Å². The van der Waals surface area contributed by atoms with Crippen molar-refractivity contribution in [2.24, 2.45) is 7.05 Å². The third-order valence-electron chi connectivity index (χ3n) is 3.76. The van der Waals surface area contributed by atoms with Gasteiger partial charge in [-0.25, -0.2) is 0 Å². The fourth-order valence-electron chi connectivity index (χ4n) is 2.20. The van der Waals surface area contributed by atoms with Crippen LogP contribution in [-0.2, 0) is 12.5 Å². The van der Waals surface area contributed by atoms with Gasteiger partial charge in [-0.1, -0.05) is 46.5 Å². The van der Waals surface area contributed by atoms with Crippen LogP contribution >= 0.6 is 0 Å². The van der Waals surface area contributed by atoms with Crippen LogP contribution in [0.5, 0.6) is 0 Å². The molecule has 0 saturated carbocycles. The molecule has 0 radical (unpaired) electrons. The van der Waals surface area contributed by atoms with E-state index in [2.05, 4.69) is 32.1 Å². The zero-order valence-corrected chi connectivity index (χ0v) is 11.3. The van der Waals surface area contributed by atoms with Crippen LogP contribution in [0.4, 0.5) is 0 Å². The second-order valence-electron chi connectivity index (χ2n) is 5.13. The maximum atomic E-state index is 4.29. The van der Waals surface area contributed by atoms with Crippen LogP contribution in [-0.4, -0.2) is 9.78 Å². The molecular weight excluding hydrogens is 196 g/mol. The summed E-state index contributed by atoms with van der Waals surface area (Å²) in [5.74, 6) is 0. The van der Waals surface area contributed by atoms with Crippen LogP contribution in [0.2, 0.25) is 0 Å². The first-order valence-corrected chi connectivity index (χ1v) is 6.61. The number of aromatic nitrogens is 2. The van der Waals surface area contributed by atoms with E-state index in [1.807, 2.05) is 17.9 Å². The van der Waals surface area contributed by atoms with Crippen LogP contribution in [0, 0.1) is 0 Å². The average Bonchev–Trinajstić information content (AvgIpc) is 2.71. The van der Waals surface area contributed by atoms with E-state index < -0.39 is 0 Å². The van der Waals surface area contributed by atoms with Gasteiger partial charge in [0.1, 0.15) is 0 Å². The van der Waals surface area contributed by atoms with Gasteiger partial charge in [-0.3, -0.25) is 4.68 Å². The molecule has 1 heterocycles. The Labute approximate surface area is 100 Å². The van der Waals surface area contributed by atoms with Gasteiger partial charge in [0.2, 0.25) is 0 Å². The van der Waals surface area contributed by atoms with E-state index in [9.17, 15) is 0 Å². The molecule has 16 heavy (non-hydrogen) atoms. The highest BCUT2D eigenvalue weighted by atomic mass is 15.2. The smallest absolute Gasteiger partial charge is 0.0527 e. The Hall–Kier alpha value is -0.790. The molecule has 0 aromatic carbocycles. The van der Waals surface area contributed by atoms with Crippen LogP contribution in [0.25, 0.3) is 0 Å². The van der Waals surface area contributed by atoms with Crippen molar-refractivity contribution in [3.8, 4) is 0 Å². The first-order valence-electron chi connectivity index (χ1n) is 6.61. The summed E-state index contributed by atoms with van der Waals surface area (Å²) in [6.07, 6.45) is 12.1. The Morgan fingerprint density at radius 1 is 1.25 bits per heavy atom. The molecule has 0 spiro atoms. The largest absolute Gasteiger partial charge is 0.276 e. The lowest BCUT2D eigenvalue weighted by atomic mass is 9.77. The van der Waals surface area contributed by atoms with Gasteiger partial charge in [0.05, 0.1) is 6.20 Å². The van der Waals surface area contributed by atoms with Crippen molar-refractivity contribution in [3.63, 3.8) is 0 Å². The molecule has 1 aromatic rings. The minimum atomic E-state index is 0.321. The minimum Gasteiger partial charge on any atom is -0.276 e. The van der Waals surface area contributed by atoms with Crippen molar-refractivity contribution in [2.75, 3.05) is 0 Å². The summed E-state index contributed by atoms with van der Waals surface area (Å²) in [6.45, 7) is 6.92. The molecule has 1 aromatic heterocycles. The first kappa shape index (κ1) is 13.3. The van der Waals surface area contributed by atoms with Gasteiger partial charge < -0.3 is 0 Å². The number of hydrogen-bond donors (Lipinski definition) is 0. The standard InChI is InChI=1S/C14H26N2/c1-5-7-8-9-10-14(3,6-2)13-11-15-16(4)12-13/h11-12H,5-10H2,1-4H3. The maximum absolute atomic E-state index is 4.29. The molecule has 0 fully saturated rings. The molecule has 0 aliphatic carbocycles. The monoisotopic (exact) mass is 222 g/mol. The van der Waals surface area contributed by atoms with E-state index >= 15 is 0 Å². The Balaban J connectivity index is 2.56. The van der Waals surface area contributed by atoms with Crippen LogP contribution < -0.4 is 0 Å². The first-order chi connectivity index (χ1) is 7.62. The maximum Gasteiger partial charge on any atom is 0.0527 e. The fourth-order valence-corrected chi connectivity index (χ4v) is 2.20. The average molecular weight is 222 g/mol. The van der Waals surface area contributed by atoms with Gasteiger partial charge in [0.15, 0.2) is 0 Å². The summed E-state index contributed by atoms with van der Waals surface area (Å²) in [6, 6.07) is 0. The van der Waals surface area contributed by atoms with Gasteiger partial charge >= 0.3 is 0 Å². The summed E-state index contributed by atoms with van der Waals surface area (Å²) >= 11 is 0. The van der Waals surface area contributed by atoms with Crippen molar-refractivity contribution >= 4 is 0 Å². The number of nitrogens with zero attached hydrogens (tertiary/aromatic N) is 2. The zero-order valence-electron chi connectivity index (χ0n) is 11.3. The normalized spacial score (nSPS) is 15.0. The molecule has 0 aliphatic heterocycles. The lowest BCUT2D eigenvalue weighted by molar-refractivity contribution is 0.395. The van der Waals surface area contributed by atoms with Gasteiger partial charge in [0, 0.05) is 13.2 Å². The summed E-state index contributed by atoms with van der Waals surface area (Å²) in [5.41, 5.74) is 1.72. The zero-order chi connectivity index (χ0) is 12.0.